The number of nitro groups is 1. The second kappa shape index (κ2) is 7.64. The highest BCUT2D eigenvalue weighted by Gasteiger charge is 2.17. The number of nitrogens with zero attached hydrogens (tertiary/aromatic N) is 4. The lowest BCUT2D eigenvalue weighted by atomic mass is 10.2. The molecule has 0 bridgehead atoms. The van der Waals surface area contributed by atoms with Gasteiger partial charge in [0.2, 0.25) is 5.75 Å². The average molecular weight is 354 g/mol. The Hall–Kier alpha value is -3.42. The lowest BCUT2D eigenvalue weighted by molar-refractivity contribution is -0.390. The average Bonchev–Trinajstić information content (AvgIpc) is 3.04. The first kappa shape index (κ1) is 17.4. The third-order valence-electron chi connectivity index (χ3n) is 3.76. The molecule has 0 unspecified atom stereocenters. The quantitative estimate of drug-likeness (QED) is 0.478. The summed E-state index contributed by atoms with van der Waals surface area (Å²) in [6.45, 7) is 2.27. The van der Waals surface area contributed by atoms with Crippen molar-refractivity contribution in [2.24, 2.45) is 7.05 Å². The number of hydrogen-bond acceptors (Lipinski definition) is 6. The van der Waals surface area contributed by atoms with Gasteiger partial charge in [0, 0.05) is 26.4 Å². The molecule has 0 amide bonds. The van der Waals surface area contributed by atoms with Crippen LogP contribution >= 0.6 is 0 Å². The Morgan fingerprint density at radius 3 is 2.54 bits per heavy atom. The van der Waals surface area contributed by atoms with Gasteiger partial charge in [-0.2, -0.15) is 0 Å². The normalized spacial score (nSPS) is 10.5. The molecule has 0 N–H and O–H groups in total. The van der Waals surface area contributed by atoms with E-state index in [0.717, 1.165) is 11.4 Å². The predicted molar refractivity (Wildman–Crippen MR) is 93.9 cm³/mol. The highest BCUT2D eigenvalue weighted by Crippen LogP contribution is 2.25. The van der Waals surface area contributed by atoms with Gasteiger partial charge in [0.15, 0.2) is 0 Å². The molecular weight excluding hydrogens is 336 g/mol. The van der Waals surface area contributed by atoms with Gasteiger partial charge in [-0.1, -0.05) is 12.1 Å². The molecule has 2 heterocycles. The molecule has 0 aliphatic rings. The van der Waals surface area contributed by atoms with E-state index in [4.69, 9.17) is 9.47 Å². The zero-order valence-electron chi connectivity index (χ0n) is 14.5. The molecule has 0 aliphatic carbocycles. The summed E-state index contributed by atoms with van der Waals surface area (Å²) < 4.78 is 13.1. The zero-order valence-corrected chi connectivity index (χ0v) is 14.5. The molecule has 0 saturated carbocycles. The molecule has 2 aromatic heterocycles. The Bertz CT molecular complexity index is 906. The van der Waals surface area contributed by atoms with E-state index < -0.39 is 4.92 Å². The third-order valence-corrected chi connectivity index (χ3v) is 3.76. The Labute approximate surface area is 150 Å². The smallest absolute Gasteiger partial charge is 0.406 e. The van der Waals surface area contributed by atoms with Gasteiger partial charge < -0.3 is 24.2 Å². The SMILES string of the molecule is Cc1ccc(OCc2ccc(OCc3nccn3C)cc2)c([N+](=O)[O-])n1. The Morgan fingerprint density at radius 1 is 1.12 bits per heavy atom. The molecule has 8 nitrogen and oxygen atoms in total. The lowest BCUT2D eigenvalue weighted by Crippen LogP contribution is -2.03. The van der Waals surface area contributed by atoms with Gasteiger partial charge in [-0.25, -0.2) is 4.98 Å². The maximum atomic E-state index is 11.1. The van der Waals surface area contributed by atoms with Gasteiger partial charge in [0.1, 0.15) is 30.5 Å². The number of aryl methyl sites for hydroxylation is 2. The van der Waals surface area contributed by atoms with Crippen molar-refractivity contribution in [2.45, 2.75) is 20.1 Å². The van der Waals surface area contributed by atoms with Crippen LogP contribution in [-0.4, -0.2) is 19.5 Å². The first-order valence-corrected chi connectivity index (χ1v) is 7.95. The van der Waals surface area contributed by atoms with Crippen LogP contribution in [-0.2, 0) is 20.3 Å². The summed E-state index contributed by atoms with van der Waals surface area (Å²) in [4.78, 5) is 18.6. The van der Waals surface area contributed by atoms with Gasteiger partial charge in [-0.3, -0.25) is 0 Å². The Kier molecular flexibility index (Phi) is 5.12. The van der Waals surface area contributed by atoms with E-state index in [0.29, 0.717) is 18.1 Å². The lowest BCUT2D eigenvalue weighted by Gasteiger charge is -2.09. The number of aromatic nitrogens is 3. The van der Waals surface area contributed by atoms with Crippen molar-refractivity contribution in [3.63, 3.8) is 0 Å². The van der Waals surface area contributed by atoms with Gasteiger partial charge in [0.25, 0.3) is 0 Å². The van der Waals surface area contributed by atoms with Crippen LogP contribution in [0.5, 0.6) is 11.5 Å². The van der Waals surface area contributed by atoms with E-state index in [-0.39, 0.29) is 18.2 Å². The highest BCUT2D eigenvalue weighted by molar-refractivity contribution is 5.40. The van der Waals surface area contributed by atoms with Gasteiger partial charge in [0.05, 0.1) is 0 Å². The van der Waals surface area contributed by atoms with E-state index in [1.807, 2.05) is 42.1 Å². The van der Waals surface area contributed by atoms with Crippen molar-refractivity contribution >= 4 is 5.82 Å². The molecule has 0 spiro atoms. The fourth-order valence-electron chi connectivity index (χ4n) is 2.30. The minimum Gasteiger partial charge on any atom is -0.486 e. The molecule has 0 radical (unpaired) electrons. The fraction of sp³-hybridized carbons (Fsp3) is 0.222. The van der Waals surface area contributed by atoms with Crippen molar-refractivity contribution in [3.8, 4) is 11.5 Å². The number of pyridine rings is 1. The Morgan fingerprint density at radius 2 is 1.88 bits per heavy atom. The van der Waals surface area contributed by atoms with Crippen LogP contribution in [0.1, 0.15) is 17.1 Å². The molecule has 0 aliphatic heterocycles. The molecule has 1 aromatic carbocycles. The first-order valence-electron chi connectivity index (χ1n) is 7.95. The number of ether oxygens (including phenoxy) is 2. The number of rotatable bonds is 7. The standard InChI is InChI=1S/C18H18N4O4/c1-13-3-8-16(18(20-13)22(23)24)26-11-14-4-6-15(7-5-14)25-12-17-19-9-10-21(17)2/h3-10H,11-12H2,1-2H3. The summed E-state index contributed by atoms with van der Waals surface area (Å²) >= 11 is 0. The van der Waals surface area contributed by atoms with Crippen LogP contribution in [0.25, 0.3) is 0 Å². The van der Waals surface area contributed by atoms with Crippen molar-refractivity contribution in [1.82, 2.24) is 14.5 Å². The third kappa shape index (κ3) is 4.15. The molecule has 134 valence electrons. The van der Waals surface area contributed by atoms with Crippen molar-refractivity contribution < 1.29 is 14.4 Å². The number of imidazole rings is 1. The summed E-state index contributed by atoms with van der Waals surface area (Å²) in [5, 5.41) is 11.1. The van der Waals surface area contributed by atoms with Gasteiger partial charge in [-0.15, -0.1) is 0 Å². The van der Waals surface area contributed by atoms with Crippen LogP contribution in [0.3, 0.4) is 0 Å². The topological polar surface area (TPSA) is 92.3 Å². The summed E-state index contributed by atoms with van der Waals surface area (Å²) in [6.07, 6.45) is 3.58. The molecule has 3 aromatic rings. The molecule has 8 heteroatoms. The molecule has 0 saturated heterocycles. The number of hydrogen-bond donors (Lipinski definition) is 0. The molecule has 0 atom stereocenters. The zero-order chi connectivity index (χ0) is 18.5. The predicted octanol–water partition coefficient (Wildman–Crippen LogP) is 3.19. The summed E-state index contributed by atoms with van der Waals surface area (Å²) in [6, 6.07) is 10.6. The largest absolute Gasteiger partial charge is 0.486 e. The minimum absolute atomic E-state index is 0.149. The molecule has 3 rings (SSSR count). The van der Waals surface area contributed by atoms with Crippen molar-refractivity contribution in [1.29, 1.82) is 0 Å². The second-order valence-electron chi connectivity index (χ2n) is 5.71. The van der Waals surface area contributed by atoms with Crippen LogP contribution in [0.2, 0.25) is 0 Å². The molecular formula is C18H18N4O4. The highest BCUT2D eigenvalue weighted by atomic mass is 16.6. The molecule has 0 fully saturated rings. The van der Waals surface area contributed by atoms with Crippen LogP contribution < -0.4 is 9.47 Å². The van der Waals surface area contributed by atoms with Crippen LogP contribution in [0.15, 0.2) is 48.8 Å². The maximum Gasteiger partial charge on any atom is 0.406 e. The van der Waals surface area contributed by atoms with Crippen LogP contribution in [0.4, 0.5) is 5.82 Å². The summed E-state index contributed by atoms with van der Waals surface area (Å²) in [7, 11) is 1.91. The first-order chi connectivity index (χ1) is 12.5. The monoisotopic (exact) mass is 354 g/mol. The van der Waals surface area contributed by atoms with Crippen molar-refractivity contribution in [3.05, 3.63) is 76.0 Å². The maximum absolute atomic E-state index is 11.1. The van der Waals surface area contributed by atoms with E-state index in [9.17, 15) is 10.1 Å². The van der Waals surface area contributed by atoms with E-state index in [1.54, 1.807) is 25.3 Å². The summed E-state index contributed by atoms with van der Waals surface area (Å²) in [5.74, 6) is 1.41. The fourth-order valence-corrected chi connectivity index (χ4v) is 2.30. The van der Waals surface area contributed by atoms with Crippen molar-refractivity contribution in [2.75, 3.05) is 0 Å². The van der Waals surface area contributed by atoms with E-state index in [1.165, 1.54) is 0 Å². The van der Waals surface area contributed by atoms with Gasteiger partial charge >= 0.3 is 5.82 Å². The second-order valence-corrected chi connectivity index (χ2v) is 5.71. The van der Waals surface area contributed by atoms with Crippen LogP contribution in [0, 0.1) is 17.0 Å². The summed E-state index contributed by atoms with van der Waals surface area (Å²) in [5.41, 5.74) is 1.43. The Balaban J connectivity index is 1.60. The van der Waals surface area contributed by atoms with E-state index in [2.05, 4.69) is 9.97 Å². The molecule has 26 heavy (non-hydrogen) atoms. The van der Waals surface area contributed by atoms with E-state index >= 15 is 0 Å². The number of benzene rings is 1. The van der Waals surface area contributed by atoms with Gasteiger partial charge in [-0.05, 0) is 39.7 Å². The minimum atomic E-state index is -0.545.